The van der Waals surface area contributed by atoms with Crippen molar-refractivity contribution in [2.75, 3.05) is 33.3 Å². The first-order valence-electron chi connectivity index (χ1n) is 6.86. The molecule has 2 saturated heterocycles. The second kappa shape index (κ2) is 5.31. The Bertz CT molecular complexity index is 463. The molecule has 1 aromatic rings. The molecule has 3 rings (SSSR count). The van der Waals surface area contributed by atoms with E-state index in [0.717, 1.165) is 31.5 Å². The van der Waals surface area contributed by atoms with Gasteiger partial charge in [-0.3, -0.25) is 4.90 Å². The topological polar surface area (TPSA) is 41.6 Å². The maximum absolute atomic E-state index is 11.5. The van der Waals surface area contributed by atoms with Gasteiger partial charge in [0.15, 0.2) is 0 Å². The van der Waals surface area contributed by atoms with Gasteiger partial charge in [0, 0.05) is 19.6 Å². The van der Waals surface area contributed by atoms with E-state index in [1.165, 1.54) is 25.8 Å². The van der Waals surface area contributed by atoms with Gasteiger partial charge in [0.1, 0.15) is 0 Å². The fourth-order valence-corrected chi connectivity index (χ4v) is 3.25. The predicted octanol–water partition coefficient (Wildman–Crippen LogP) is 1.12. The lowest BCUT2D eigenvalue weighted by Crippen LogP contribution is -2.25. The van der Waals surface area contributed by atoms with Crippen LogP contribution in [0.25, 0.3) is 0 Å². The SMILES string of the molecule is COC(=O)c1cccc(CN2CC3CNCC3C2)c1. The molecule has 0 aliphatic carbocycles. The van der Waals surface area contributed by atoms with E-state index in [2.05, 4.69) is 16.3 Å². The molecule has 0 saturated carbocycles. The van der Waals surface area contributed by atoms with Crippen LogP contribution in [0.3, 0.4) is 0 Å². The number of hydrogen-bond donors (Lipinski definition) is 1. The average Bonchev–Trinajstić information content (AvgIpc) is 2.99. The smallest absolute Gasteiger partial charge is 0.337 e. The van der Waals surface area contributed by atoms with Crippen molar-refractivity contribution in [1.29, 1.82) is 0 Å². The zero-order valence-corrected chi connectivity index (χ0v) is 11.3. The van der Waals surface area contributed by atoms with Crippen LogP contribution in [0.1, 0.15) is 15.9 Å². The van der Waals surface area contributed by atoms with Crippen LogP contribution < -0.4 is 5.32 Å². The summed E-state index contributed by atoms with van der Waals surface area (Å²) in [5.41, 5.74) is 1.83. The van der Waals surface area contributed by atoms with Gasteiger partial charge in [0.05, 0.1) is 12.7 Å². The summed E-state index contributed by atoms with van der Waals surface area (Å²) in [5.74, 6) is 1.36. The number of likely N-dealkylation sites (tertiary alicyclic amines) is 1. The van der Waals surface area contributed by atoms with Gasteiger partial charge in [0.2, 0.25) is 0 Å². The van der Waals surface area contributed by atoms with E-state index < -0.39 is 0 Å². The van der Waals surface area contributed by atoms with Gasteiger partial charge in [-0.2, -0.15) is 0 Å². The molecule has 0 bridgehead atoms. The van der Waals surface area contributed by atoms with Gasteiger partial charge >= 0.3 is 5.97 Å². The minimum Gasteiger partial charge on any atom is -0.465 e. The molecule has 2 unspecified atom stereocenters. The van der Waals surface area contributed by atoms with Crippen LogP contribution in [0.5, 0.6) is 0 Å². The molecule has 1 N–H and O–H groups in total. The second-order valence-corrected chi connectivity index (χ2v) is 5.56. The Balaban J connectivity index is 1.65. The molecule has 0 amide bonds. The minimum atomic E-state index is -0.260. The van der Waals surface area contributed by atoms with Gasteiger partial charge in [0.25, 0.3) is 0 Å². The van der Waals surface area contributed by atoms with Gasteiger partial charge in [-0.25, -0.2) is 4.79 Å². The van der Waals surface area contributed by atoms with E-state index in [0.29, 0.717) is 5.56 Å². The molecule has 0 spiro atoms. The van der Waals surface area contributed by atoms with Crippen molar-refractivity contribution in [2.45, 2.75) is 6.54 Å². The third-order valence-corrected chi connectivity index (χ3v) is 4.22. The Hall–Kier alpha value is -1.39. The molecule has 1 aromatic carbocycles. The third kappa shape index (κ3) is 2.65. The lowest BCUT2D eigenvalue weighted by molar-refractivity contribution is 0.0600. The number of nitrogens with zero attached hydrogens (tertiary/aromatic N) is 1. The first-order chi connectivity index (χ1) is 9.26. The summed E-state index contributed by atoms with van der Waals surface area (Å²) >= 11 is 0. The zero-order chi connectivity index (χ0) is 13.2. The molecule has 4 heteroatoms. The first-order valence-corrected chi connectivity index (χ1v) is 6.86. The van der Waals surface area contributed by atoms with E-state index in [4.69, 9.17) is 4.74 Å². The molecular formula is C15H20N2O2. The number of methoxy groups -OCH3 is 1. The number of rotatable bonds is 3. The number of carbonyl (C=O) groups is 1. The van der Waals surface area contributed by atoms with Crippen molar-refractivity contribution in [3.63, 3.8) is 0 Å². The van der Waals surface area contributed by atoms with Crippen molar-refractivity contribution in [3.8, 4) is 0 Å². The van der Waals surface area contributed by atoms with Gasteiger partial charge < -0.3 is 10.1 Å². The van der Waals surface area contributed by atoms with Crippen LogP contribution in [0, 0.1) is 11.8 Å². The summed E-state index contributed by atoms with van der Waals surface area (Å²) in [6.45, 7) is 5.57. The number of esters is 1. The molecular weight excluding hydrogens is 240 g/mol. The van der Waals surface area contributed by atoms with Crippen molar-refractivity contribution in [2.24, 2.45) is 11.8 Å². The van der Waals surface area contributed by atoms with E-state index >= 15 is 0 Å². The first kappa shape index (κ1) is 12.6. The molecule has 2 heterocycles. The largest absolute Gasteiger partial charge is 0.465 e. The Morgan fingerprint density at radius 2 is 2.11 bits per heavy atom. The Labute approximate surface area is 113 Å². The highest BCUT2D eigenvalue weighted by molar-refractivity contribution is 5.89. The summed E-state index contributed by atoms with van der Waals surface area (Å²) < 4.78 is 4.76. The highest BCUT2D eigenvalue weighted by atomic mass is 16.5. The van der Waals surface area contributed by atoms with Crippen molar-refractivity contribution in [1.82, 2.24) is 10.2 Å². The molecule has 102 valence electrons. The zero-order valence-electron chi connectivity index (χ0n) is 11.3. The van der Waals surface area contributed by atoms with Crippen molar-refractivity contribution < 1.29 is 9.53 Å². The van der Waals surface area contributed by atoms with E-state index in [9.17, 15) is 4.79 Å². The fourth-order valence-electron chi connectivity index (χ4n) is 3.25. The number of benzene rings is 1. The van der Waals surface area contributed by atoms with Gasteiger partial charge in [-0.15, -0.1) is 0 Å². The summed E-state index contributed by atoms with van der Waals surface area (Å²) in [4.78, 5) is 14.0. The molecule has 2 fully saturated rings. The van der Waals surface area contributed by atoms with Crippen molar-refractivity contribution >= 4 is 5.97 Å². The monoisotopic (exact) mass is 260 g/mol. The molecule has 0 aromatic heterocycles. The normalized spacial score (nSPS) is 26.4. The molecule has 2 aliphatic heterocycles. The maximum Gasteiger partial charge on any atom is 0.337 e. The van der Waals surface area contributed by atoms with Crippen LogP contribution in [0.4, 0.5) is 0 Å². The number of hydrogen-bond acceptors (Lipinski definition) is 4. The quantitative estimate of drug-likeness (QED) is 0.827. The highest BCUT2D eigenvalue weighted by Gasteiger charge is 2.35. The van der Waals surface area contributed by atoms with Crippen LogP contribution in [0.2, 0.25) is 0 Å². The van der Waals surface area contributed by atoms with Crippen LogP contribution >= 0.6 is 0 Å². The van der Waals surface area contributed by atoms with Crippen LogP contribution in [-0.4, -0.2) is 44.2 Å². The maximum atomic E-state index is 11.5. The summed E-state index contributed by atoms with van der Waals surface area (Å²) in [6.07, 6.45) is 0. The Morgan fingerprint density at radius 1 is 1.37 bits per heavy atom. The lowest BCUT2D eigenvalue weighted by atomic mass is 10.0. The van der Waals surface area contributed by atoms with E-state index in [1.54, 1.807) is 6.07 Å². The number of nitrogens with one attached hydrogen (secondary N) is 1. The van der Waals surface area contributed by atoms with Gasteiger partial charge in [-0.1, -0.05) is 12.1 Å². The van der Waals surface area contributed by atoms with Crippen LogP contribution in [-0.2, 0) is 11.3 Å². The molecule has 19 heavy (non-hydrogen) atoms. The molecule has 4 nitrogen and oxygen atoms in total. The van der Waals surface area contributed by atoms with E-state index in [1.807, 2.05) is 12.1 Å². The highest BCUT2D eigenvalue weighted by Crippen LogP contribution is 2.27. The van der Waals surface area contributed by atoms with Crippen molar-refractivity contribution in [3.05, 3.63) is 35.4 Å². The summed E-state index contributed by atoms with van der Waals surface area (Å²) in [6, 6.07) is 7.76. The number of carbonyl (C=O) groups excluding carboxylic acids is 1. The summed E-state index contributed by atoms with van der Waals surface area (Å²) in [5, 5.41) is 3.45. The molecule has 0 radical (unpaired) electrons. The summed E-state index contributed by atoms with van der Waals surface area (Å²) in [7, 11) is 1.42. The van der Waals surface area contributed by atoms with Crippen LogP contribution in [0.15, 0.2) is 24.3 Å². The third-order valence-electron chi connectivity index (χ3n) is 4.22. The van der Waals surface area contributed by atoms with E-state index in [-0.39, 0.29) is 5.97 Å². The molecule has 2 atom stereocenters. The molecule has 2 aliphatic rings. The standard InChI is InChI=1S/C15H20N2O2/c1-19-15(18)12-4-2-3-11(5-12)8-17-9-13-6-16-7-14(13)10-17/h2-5,13-14,16H,6-10H2,1H3. The minimum absolute atomic E-state index is 0.260. The Kier molecular flexibility index (Phi) is 3.53. The predicted molar refractivity (Wildman–Crippen MR) is 72.9 cm³/mol. The van der Waals surface area contributed by atoms with Gasteiger partial charge in [-0.05, 0) is 42.6 Å². The lowest BCUT2D eigenvalue weighted by Gasteiger charge is -2.17. The fraction of sp³-hybridized carbons (Fsp3) is 0.533. The average molecular weight is 260 g/mol. The Morgan fingerprint density at radius 3 is 2.79 bits per heavy atom. The second-order valence-electron chi connectivity index (χ2n) is 5.56. The number of fused-ring (bicyclic) bond motifs is 1. The number of ether oxygens (including phenoxy) is 1.